The van der Waals surface area contributed by atoms with Crippen molar-refractivity contribution in [2.45, 2.75) is 19.4 Å². The Morgan fingerprint density at radius 3 is 2.74 bits per heavy atom. The van der Waals surface area contributed by atoms with Gasteiger partial charge in [-0.3, -0.25) is 0 Å². The Labute approximate surface area is 181 Å². The molecule has 2 aromatic heterocycles. The number of fused-ring (bicyclic) bond motifs is 1. The maximum Gasteiger partial charge on any atom is 0.225 e. The van der Waals surface area contributed by atoms with Gasteiger partial charge >= 0.3 is 0 Å². The second kappa shape index (κ2) is 9.18. The molecule has 5 rings (SSSR count). The van der Waals surface area contributed by atoms with Gasteiger partial charge in [-0.1, -0.05) is 30.3 Å². The van der Waals surface area contributed by atoms with E-state index in [9.17, 15) is 0 Å². The first-order chi connectivity index (χ1) is 15.3. The summed E-state index contributed by atoms with van der Waals surface area (Å²) in [5.41, 5.74) is 4.62. The summed E-state index contributed by atoms with van der Waals surface area (Å²) in [6.07, 6.45) is 5.72. The lowest BCUT2D eigenvalue weighted by atomic mass is 10.1. The van der Waals surface area contributed by atoms with Crippen molar-refractivity contribution < 1.29 is 9.47 Å². The highest BCUT2D eigenvalue weighted by molar-refractivity contribution is 5.84. The largest absolute Gasteiger partial charge is 0.489 e. The van der Waals surface area contributed by atoms with Crippen LogP contribution >= 0.6 is 0 Å². The number of anilines is 1. The van der Waals surface area contributed by atoms with E-state index in [1.54, 1.807) is 0 Å². The fraction of sp³-hybridized carbons (Fsp3) is 0.280. The molecule has 1 aliphatic rings. The van der Waals surface area contributed by atoms with Gasteiger partial charge in [0, 0.05) is 42.1 Å². The highest BCUT2D eigenvalue weighted by Crippen LogP contribution is 2.25. The van der Waals surface area contributed by atoms with Gasteiger partial charge in [-0.05, 0) is 48.2 Å². The monoisotopic (exact) mass is 414 g/mol. The molecule has 0 amide bonds. The molecule has 1 aliphatic heterocycles. The number of rotatable bonds is 7. The zero-order valence-electron chi connectivity index (χ0n) is 17.5. The lowest BCUT2D eigenvalue weighted by Crippen LogP contribution is -2.37. The van der Waals surface area contributed by atoms with Crippen molar-refractivity contribution in [1.29, 1.82) is 0 Å². The Bertz CT molecular complexity index is 1140. The number of aromatic amines is 1. The van der Waals surface area contributed by atoms with Crippen molar-refractivity contribution in [2.75, 3.05) is 31.2 Å². The van der Waals surface area contributed by atoms with E-state index in [1.807, 2.05) is 36.5 Å². The molecule has 1 N–H and O–H groups in total. The lowest BCUT2D eigenvalue weighted by molar-refractivity contribution is 0.122. The van der Waals surface area contributed by atoms with Gasteiger partial charge in [0.25, 0.3) is 0 Å². The molecule has 1 fully saturated rings. The summed E-state index contributed by atoms with van der Waals surface area (Å²) in [5.74, 6) is 1.69. The molecule has 158 valence electrons. The first kappa shape index (κ1) is 19.6. The van der Waals surface area contributed by atoms with Gasteiger partial charge in [0.05, 0.1) is 13.2 Å². The molecule has 0 atom stereocenters. The number of H-pyrrole nitrogens is 1. The zero-order valence-corrected chi connectivity index (χ0v) is 17.5. The number of ether oxygens (including phenoxy) is 2. The topological polar surface area (TPSA) is 63.3 Å². The standard InChI is InChI=1S/C25H26N4O2/c1-2-4-19(5-3-1)18-31-22-8-9-24-23(16-22)20(17-27-24)6-7-21-10-11-26-25(28-21)29-12-14-30-15-13-29/h1-5,8-11,16-17,27H,6-7,12-15,18H2. The van der Waals surface area contributed by atoms with Crippen LogP contribution in [-0.2, 0) is 24.2 Å². The van der Waals surface area contributed by atoms with E-state index >= 15 is 0 Å². The van der Waals surface area contributed by atoms with Crippen LogP contribution in [0.3, 0.4) is 0 Å². The average molecular weight is 415 g/mol. The number of morpholine rings is 1. The minimum Gasteiger partial charge on any atom is -0.489 e. The number of nitrogens with zero attached hydrogens (tertiary/aromatic N) is 3. The molecule has 3 heterocycles. The fourth-order valence-corrected chi connectivity index (χ4v) is 3.90. The number of benzene rings is 2. The minimum atomic E-state index is 0.567. The Morgan fingerprint density at radius 2 is 1.87 bits per heavy atom. The molecule has 0 aliphatic carbocycles. The normalized spacial score (nSPS) is 14.1. The first-order valence-corrected chi connectivity index (χ1v) is 10.8. The van der Waals surface area contributed by atoms with Crippen LogP contribution in [0.5, 0.6) is 5.75 Å². The van der Waals surface area contributed by atoms with Crippen molar-refractivity contribution in [3.63, 3.8) is 0 Å². The third kappa shape index (κ3) is 4.70. The third-order valence-corrected chi connectivity index (χ3v) is 5.63. The molecule has 6 nitrogen and oxygen atoms in total. The van der Waals surface area contributed by atoms with Crippen molar-refractivity contribution >= 4 is 16.9 Å². The zero-order chi connectivity index (χ0) is 20.9. The Kier molecular flexibility index (Phi) is 5.80. The first-order valence-electron chi connectivity index (χ1n) is 10.8. The molecular formula is C25H26N4O2. The molecule has 2 aromatic carbocycles. The van der Waals surface area contributed by atoms with Gasteiger partial charge < -0.3 is 19.4 Å². The molecule has 0 bridgehead atoms. The van der Waals surface area contributed by atoms with Gasteiger partial charge in [0.2, 0.25) is 5.95 Å². The molecule has 31 heavy (non-hydrogen) atoms. The number of nitrogens with one attached hydrogen (secondary N) is 1. The summed E-state index contributed by atoms with van der Waals surface area (Å²) >= 11 is 0. The second-order valence-electron chi connectivity index (χ2n) is 7.74. The average Bonchev–Trinajstić information content (AvgIpc) is 3.25. The summed E-state index contributed by atoms with van der Waals surface area (Å²) in [6, 6.07) is 18.5. The summed E-state index contributed by atoms with van der Waals surface area (Å²) in [6.45, 7) is 3.72. The summed E-state index contributed by atoms with van der Waals surface area (Å²) in [4.78, 5) is 14.8. The number of hydrogen-bond acceptors (Lipinski definition) is 5. The molecule has 0 radical (unpaired) electrons. The van der Waals surface area contributed by atoms with Crippen LogP contribution in [0.4, 0.5) is 5.95 Å². The van der Waals surface area contributed by atoms with E-state index in [-0.39, 0.29) is 0 Å². The Morgan fingerprint density at radius 1 is 1.00 bits per heavy atom. The molecule has 0 spiro atoms. The van der Waals surface area contributed by atoms with Crippen LogP contribution < -0.4 is 9.64 Å². The van der Waals surface area contributed by atoms with E-state index in [1.165, 1.54) is 10.9 Å². The predicted octanol–water partition coefficient (Wildman–Crippen LogP) is 4.16. The van der Waals surface area contributed by atoms with Crippen LogP contribution in [0.1, 0.15) is 16.8 Å². The number of aromatic nitrogens is 3. The van der Waals surface area contributed by atoms with Gasteiger partial charge in [0.15, 0.2) is 0 Å². The SMILES string of the molecule is c1ccc(COc2ccc3[nH]cc(CCc4ccnc(N5CCOCC5)n4)c3c2)cc1. The smallest absolute Gasteiger partial charge is 0.225 e. The highest BCUT2D eigenvalue weighted by atomic mass is 16.5. The molecule has 1 saturated heterocycles. The second-order valence-corrected chi connectivity index (χ2v) is 7.74. The van der Waals surface area contributed by atoms with Gasteiger partial charge in [-0.2, -0.15) is 0 Å². The Hall–Kier alpha value is -3.38. The quantitative estimate of drug-likeness (QED) is 0.492. The van der Waals surface area contributed by atoms with Crippen molar-refractivity contribution in [2.24, 2.45) is 0 Å². The van der Waals surface area contributed by atoms with Crippen molar-refractivity contribution in [3.05, 3.63) is 83.8 Å². The van der Waals surface area contributed by atoms with E-state index in [0.717, 1.165) is 67.6 Å². The lowest BCUT2D eigenvalue weighted by Gasteiger charge is -2.26. The maximum atomic E-state index is 6.02. The minimum absolute atomic E-state index is 0.567. The summed E-state index contributed by atoms with van der Waals surface area (Å²) < 4.78 is 11.4. The summed E-state index contributed by atoms with van der Waals surface area (Å²) in [7, 11) is 0. The molecule has 4 aromatic rings. The van der Waals surface area contributed by atoms with Gasteiger partial charge in [-0.25, -0.2) is 9.97 Å². The maximum absolute atomic E-state index is 6.02. The van der Waals surface area contributed by atoms with Crippen LogP contribution in [-0.4, -0.2) is 41.3 Å². The predicted molar refractivity (Wildman–Crippen MR) is 122 cm³/mol. The van der Waals surface area contributed by atoms with Gasteiger partial charge in [-0.15, -0.1) is 0 Å². The van der Waals surface area contributed by atoms with E-state index in [4.69, 9.17) is 14.5 Å². The molecule has 0 unspecified atom stereocenters. The van der Waals surface area contributed by atoms with Crippen LogP contribution in [0.2, 0.25) is 0 Å². The molecular weight excluding hydrogens is 388 g/mol. The third-order valence-electron chi connectivity index (χ3n) is 5.63. The van der Waals surface area contributed by atoms with Crippen LogP contribution in [0, 0.1) is 0 Å². The number of hydrogen-bond donors (Lipinski definition) is 1. The van der Waals surface area contributed by atoms with Crippen LogP contribution in [0.25, 0.3) is 10.9 Å². The number of aryl methyl sites for hydroxylation is 2. The van der Waals surface area contributed by atoms with E-state index in [0.29, 0.717) is 6.61 Å². The van der Waals surface area contributed by atoms with E-state index in [2.05, 4.69) is 45.3 Å². The van der Waals surface area contributed by atoms with Crippen LogP contribution in [0.15, 0.2) is 67.0 Å². The van der Waals surface area contributed by atoms with Gasteiger partial charge in [0.1, 0.15) is 12.4 Å². The Balaban J connectivity index is 1.27. The van der Waals surface area contributed by atoms with Crippen molar-refractivity contribution in [1.82, 2.24) is 15.0 Å². The van der Waals surface area contributed by atoms with Crippen molar-refractivity contribution in [3.8, 4) is 5.75 Å². The van der Waals surface area contributed by atoms with E-state index < -0.39 is 0 Å². The summed E-state index contributed by atoms with van der Waals surface area (Å²) in [5, 5.41) is 1.20. The molecule has 0 saturated carbocycles. The fourth-order valence-electron chi connectivity index (χ4n) is 3.90. The molecule has 6 heteroatoms. The highest BCUT2D eigenvalue weighted by Gasteiger charge is 2.14.